The van der Waals surface area contributed by atoms with Crippen LogP contribution in [-0.2, 0) is 0 Å². The molecule has 0 bridgehead atoms. The van der Waals surface area contributed by atoms with Gasteiger partial charge in [0.05, 0.1) is 6.61 Å². The molecule has 2 aromatic rings. The van der Waals surface area contributed by atoms with E-state index in [1.165, 1.54) is 54.4 Å². The Kier molecular flexibility index (Phi) is 7.13. The number of benzene rings is 2. The third-order valence-corrected chi connectivity index (χ3v) is 5.34. The van der Waals surface area contributed by atoms with Crippen LogP contribution >= 0.6 is 0 Å². The fourth-order valence-electron chi connectivity index (χ4n) is 3.71. The molecule has 1 aliphatic rings. The van der Waals surface area contributed by atoms with E-state index in [1.807, 2.05) is 0 Å². The predicted molar refractivity (Wildman–Crippen MR) is 111 cm³/mol. The van der Waals surface area contributed by atoms with E-state index in [0.29, 0.717) is 6.04 Å². The van der Waals surface area contributed by atoms with Crippen molar-refractivity contribution in [3.63, 3.8) is 0 Å². The van der Waals surface area contributed by atoms with Crippen molar-refractivity contribution in [2.24, 2.45) is 0 Å². The quantitative estimate of drug-likeness (QED) is 0.553. The maximum absolute atomic E-state index is 6.08. The standard InChI is InChI=1S/C24H33NO/c1-3-4-5-6-7-16-25-23-9-8-17-26-24-18-21(14-15-22(23)24)20-12-10-19(2)11-13-20/h10-15,18,23,25H,3-9,16-17H2,1-2H3. The maximum Gasteiger partial charge on any atom is 0.124 e. The highest BCUT2D eigenvalue weighted by Gasteiger charge is 2.19. The minimum absolute atomic E-state index is 0.422. The Balaban J connectivity index is 1.67. The van der Waals surface area contributed by atoms with Crippen molar-refractivity contribution in [2.45, 2.75) is 64.8 Å². The normalized spacial score (nSPS) is 16.6. The van der Waals surface area contributed by atoms with Gasteiger partial charge in [-0.15, -0.1) is 0 Å². The molecule has 1 N–H and O–H groups in total. The highest BCUT2D eigenvalue weighted by Crippen LogP contribution is 2.35. The molecule has 2 aromatic carbocycles. The zero-order chi connectivity index (χ0) is 18.2. The average Bonchev–Trinajstić information content (AvgIpc) is 2.87. The third kappa shape index (κ3) is 5.11. The maximum atomic E-state index is 6.08. The van der Waals surface area contributed by atoms with E-state index in [-0.39, 0.29) is 0 Å². The number of nitrogens with one attached hydrogen (secondary N) is 1. The highest BCUT2D eigenvalue weighted by atomic mass is 16.5. The number of ether oxygens (including phenoxy) is 1. The second-order valence-corrected chi connectivity index (χ2v) is 7.53. The van der Waals surface area contributed by atoms with E-state index in [4.69, 9.17) is 4.74 Å². The Morgan fingerprint density at radius 3 is 2.54 bits per heavy atom. The van der Waals surface area contributed by atoms with Gasteiger partial charge in [0, 0.05) is 11.6 Å². The lowest BCUT2D eigenvalue weighted by molar-refractivity contribution is 0.315. The summed E-state index contributed by atoms with van der Waals surface area (Å²) in [6.07, 6.45) is 8.92. The van der Waals surface area contributed by atoms with Crippen LogP contribution in [0, 0.1) is 6.92 Å². The Bertz CT molecular complexity index is 677. The van der Waals surface area contributed by atoms with E-state index >= 15 is 0 Å². The molecule has 140 valence electrons. The summed E-state index contributed by atoms with van der Waals surface area (Å²) in [4.78, 5) is 0. The fraction of sp³-hybridized carbons (Fsp3) is 0.500. The summed E-state index contributed by atoms with van der Waals surface area (Å²) in [5.74, 6) is 1.06. The SMILES string of the molecule is CCCCCCCNC1CCCOc2cc(-c3ccc(C)cc3)ccc21. The Hall–Kier alpha value is -1.80. The van der Waals surface area contributed by atoms with Crippen molar-refractivity contribution in [3.05, 3.63) is 53.6 Å². The van der Waals surface area contributed by atoms with Crippen LogP contribution in [0.15, 0.2) is 42.5 Å². The zero-order valence-corrected chi connectivity index (χ0v) is 16.4. The largest absolute Gasteiger partial charge is 0.493 e. The van der Waals surface area contributed by atoms with Gasteiger partial charge in [-0.2, -0.15) is 0 Å². The van der Waals surface area contributed by atoms with Crippen molar-refractivity contribution in [1.82, 2.24) is 5.32 Å². The first-order chi connectivity index (χ1) is 12.8. The zero-order valence-electron chi connectivity index (χ0n) is 16.4. The number of rotatable bonds is 8. The summed E-state index contributed by atoms with van der Waals surface area (Å²) in [6, 6.07) is 15.9. The van der Waals surface area contributed by atoms with Crippen LogP contribution in [0.25, 0.3) is 11.1 Å². The van der Waals surface area contributed by atoms with Gasteiger partial charge >= 0.3 is 0 Å². The van der Waals surface area contributed by atoms with Gasteiger partial charge in [0.25, 0.3) is 0 Å². The molecule has 26 heavy (non-hydrogen) atoms. The van der Waals surface area contributed by atoms with Crippen LogP contribution in [0.5, 0.6) is 5.75 Å². The first kappa shape index (κ1) is 19.0. The fourth-order valence-corrected chi connectivity index (χ4v) is 3.71. The molecule has 2 nitrogen and oxygen atoms in total. The lowest BCUT2D eigenvalue weighted by Crippen LogP contribution is -2.22. The van der Waals surface area contributed by atoms with Gasteiger partial charge < -0.3 is 10.1 Å². The predicted octanol–water partition coefficient (Wildman–Crippen LogP) is 6.44. The van der Waals surface area contributed by atoms with E-state index < -0.39 is 0 Å². The van der Waals surface area contributed by atoms with Crippen molar-refractivity contribution in [2.75, 3.05) is 13.2 Å². The van der Waals surface area contributed by atoms with Gasteiger partial charge in [0.2, 0.25) is 0 Å². The van der Waals surface area contributed by atoms with Crippen molar-refractivity contribution in [3.8, 4) is 16.9 Å². The topological polar surface area (TPSA) is 21.3 Å². The van der Waals surface area contributed by atoms with Gasteiger partial charge in [-0.25, -0.2) is 0 Å². The summed E-state index contributed by atoms with van der Waals surface area (Å²) in [5.41, 5.74) is 5.12. The molecule has 0 spiro atoms. The number of hydrogen-bond donors (Lipinski definition) is 1. The monoisotopic (exact) mass is 351 g/mol. The van der Waals surface area contributed by atoms with E-state index in [9.17, 15) is 0 Å². The molecule has 0 aliphatic carbocycles. The molecule has 0 amide bonds. The Morgan fingerprint density at radius 2 is 1.73 bits per heavy atom. The first-order valence-electron chi connectivity index (χ1n) is 10.3. The van der Waals surface area contributed by atoms with Gasteiger partial charge in [0.15, 0.2) is 0 Å². The molecular weight excluding hydrogens is 318 g/mol. The molecule has 0 aromatic heterocycles. The van der Waals surface area contributed by atoms with Gasteiger partial charge in [-0.05, 0) is 49.9 Å². The molecule has 0 saturated heterocycles. The Labute approximate surface area is 159 Å². The molecule has 2 heteroatoms. The lowest BCUT2D eigenvalue weighted by Gasteiger charge is -2.19. The third-order valence-electron chi connectivity index (χ3n) is 5.34. The van der Waals surface area contributed by atoms with Gasteiger partial charge in [-0.1, -0.05) is 74.6 Å². The van der Waals surface area contributed by atoms with Gasteiger partial charge in [0.1, 0.15) is 5.75 Å². The summed E-state index contributed by atoms with van der Waals surface area (Å²) in [5, 5.41) is 3.78. The molecule has 1 heterocycles. The van der Waals surface area contributed by atoms with Crippen LogP contribution in [0.3, 0.4) is 0 Å². The minimum atomic E-state index is 0.422. The summed E-state index contributed by atoms with van der Waals surface area (Å²) in [6.45, 7) is 6.32. The molecule has 3 rings (SSSR count). The summed E-state index contributed by atoms with van der Waals surface area (Å²) >= 11 is 0. The van der Waals surface area contributed by atoms with E-state index in [1.54, 1.807) is 0 Å². The van der Waals surface area contributed by atoms with Crippen LogP contribution < -0.4 is 10.1 Å². The highest BCUT2D eigenvalue weighted by molar-refractivity contribution is 5.66. The lowest BCUT2D eigenvalue weighted by atomic mass is 9.97. The number of fused-ring (bicyclic) bond motifs is 1. The molecule has 1 atom stereocenters. The second kappa shape index (κ2) is 9.78. The van der Waals surface area contributed by atoms with Crippen LogP contribution in [0.2, 0.25) is 0 Å². The summed E-state index contributed by atoms with van der Waals surface area (Å²) < 4.78 is 6.08. The average molecular weight is 352 g/mol. The second-order valence-electron chi connectivity index (χ2n) is 7.53. The van der Waals surface area contributed by atoms with E-state index in [2.05, 4.69) is 61.6 Å². The van der Waals surface area contributed by atoms with Crippen LogP contribution in [0.4, 0.5) is 0 Å². The molecule has 1 unspecified atom stereocenters. The number of unbranched alkanes of at least 4 members (excludes halogenated alkanes) is 4. The minimum Gasteiger partial charge on any atom is -0.493 e. The van der Waals surface area contributed by atoms with Crippen LogP contribution in [0.1, 0.15) is 69.0 Å². The van der Waals surface area contributed by atoms with Crippen LogP contribution in [-0.4, -0.2) is 13.2 Å². The molecule has 0 saturated carbocycles. The smallest absolute Gasteiger partial charge is 0.124 e. The van der Waals surface area contributed by atoms with Crippen molar-refractivity contribution < 1.29 is 4.74 Å². The van der Waals surface area contributed by atoms with Gasteiger partial charge in [-0.3, -0.25) is 0 Å². The molecule has 0 fully saturated rings. The number of hydrogen-bond acceptors (Lipinski definition) is 2. The van der Waals surface area contributed by atoms with Crippen molar-refractivity contribution in [1.29, 1.82) is 0 Å². The molecule has 1 aliphatic heterocycles. The Morgan fingerprint density at radius 1 is 0.962 bits per heavy atom. The van der Waals surface area contributed by atoms with Crippen molar-refractivity contribution >= 4 is 0 Å². The summed E-state index contributed by atoms with van der Waals surface area (Å²) in [7, 11) is 0. The molecular formula is C24H33NO. The first-order valence-corrected chi connectivity index (χ1v) is 10.3. The van der Waals surface area contributed by atoms with E-state index in [0.717, 1.165) is 31.7 Å². The number of aryl methyl sites for hydroxylation is 1. The molecule has 0 radical (unpaired) electrons.